The summed E-state index contributed by atoms with van der Waals surface area (Å²) in [6, 6.07) is 28.0. The number of rotatable bonds is 6. The molecule has 0 unspecified atom stereocenters. The highest BCUT2D eigenvalue weighted by Crippen LogP contribution is 2.37. The van der Waals surface area contributed by atoms with Crippen molar-refractivity contribution in [3.8, 4) is 0 Å². The third kappa shape index (κ3) is 3.89. The molecule has 0 aliphatic rings. The number of nitrogens with one attached hydrogen (secondary N) is 1. The number of hydrogen-bond acceptors (Lipinski definition) is 4. The number of hydrogen-bond donors (Lipinski definition) is 1. The molecule has 0 saturated heterocycles. The number of ketones is 2. The maximum absolute atomic E-state index is 13.3. The summed E-state index contributed by atoms with van der Waals surface area (Å²) in [4.78, 5) is 27.0. The van der Waals surface area contributed by atoms with E-state index in [1.165, 1.54) is 11.3 Å². The SMILES string of the molecule is Cc1c(C(=O)c2ccccc2)sc(Nc2ccccc2)c1C(=O)c1ccccc1. The van der Waals surface area contributed by atoms with Crippen LogP contribution in [-0.4, -0.2) is 11.6 Å². The molecule has 3 nitrogen and oxygen atoms in total. The molecule has 1 aromatic heterocycles. The fourth-order valence-electron chi connectivity index (χ4n) is 3.20. The largest absolute Gasteiger partial charge is 0.347 e. The van der Waals surface area contributed by atoms with Gasteiger partial charge in [-0.15, -0.1) is 11.3 Å². The Kier molecular flexibility index (Phi) is 5.36. The summed E-state index contributed by atoms with van der Waals surface area (Å²) in [6.45, 7) is 1.85. The number of benzene rings is 3. The van der Waals surface area contributed by atoms with Gasteiger partial charge in [0.1, 0.15) is 5.00 Å². The molecule has 4 aromatic rings. The Morgan fingerprint density at radius 3 is 1.72 bits per heavy atom. The van der Waals surface area contributed by atoms with Gasteiger partial charge in [0, 0.05) is 16.8 Å². The van der Waals surface area contributed by atoms with Crippen LogP contribution < -0.4 is 5.32 Å². The fourth-order valence-corrected chi connectivity index (χ4v) is 4.39. The minimum Gasteiger partial charge on any atom is -0.347 e. The van der Waals surface area contributed by atoms with Crippen LogP contribution in [0.25, 0.3) is 0 Å². The molecule has 0 fully saturated rings. The van der Waals surface area contributed by atoms with E-state index in [2.05, 4.69) is 5.32 Å². The summed E-state index contributed by atoms with van der Waals surface area (Å²) in [5, 5.41) is 4.02. The Morgan fingerprint density at radius 1 is 0.690 bits per heavy atom. The number of anilines is 2. The number of carbonyl (C=O) groups excluding carboxylic acids is 2. The zero-order valence-corrected chi connectivity index (χ0v) is 16.7. The molecule has 142 valence electrons. The van der Waals surface area contributed by atoms with E-state index in [0.717, 1.165) is 5.69 Å². The van der Waals surface area contributed by atoms with Crippen molar-refractivity contribution in [3.63, 3.8) is 0 Å². The molecular formula is C25H19NO2S. The van der Waals surface area contributed by atoms with Crippen molar-refractivity contribution in [1.29, 1.82) is 0 Å². The molecular weight excluding hydrogens is 378 g/mol. The predicted molar refractivity (Wildman–Crippen MR) is 119 cm³/mol. The maximum Gasteiger partial charge on any atom is 0.203 e. The normalized spacial score (nSPS) is 10.5. The van der Waals surface area contributed by atoms with Crippen molar-refractivity contribution in [2.24, 2.45) is 0 Å². The average molecular weight is 397 g/mol. The Morgan fingerprint density at radius 2 is 1.17 bits per heavy atom. The highest BCUT2D eigenvalue weighted by atomic mass is 32.1. The van der Waals surface area contributed by atoms with Gasteiger partial charge in [-0.1, -0.05) is 78.9 Å². The molecule has 1 heterocycles. The van der Waals surface area contributed by atoms with E-state index in [-0.39, 0.29) is 11.6 Å². The third-order valence-corrected chi connectivity index (χ3v) is 5.89. The van der Waals surface area contributed by atoms with Crippen LogP contribution in [0.2, 0.25) is 0 Å². The van der Waals surface area contributed by atoms with Gasteiger partial charge in [0.25, 0.3) is 0 Å². The Labute approximate surface area is 173 Å². The summed E-state index contributed by atoms with van der Waals surface area (Å²) in [5.41, 5.74) is 3.33. The first-order valence-corrected chi connectivity index (χ1v) is 10.1. The second-order valence-corrected chi connectivity index (χ2v) is 7.66. The van der Waals surface area contributed by atoms with Crippen molar-refractivity contribution >= 4 is 33.6 Å². The first kappa shape index (κ1) is 18.8. The van der Waals surface area contributed by atoms with Crippen LogP contribution in [0.1, 0.15) is 36.7 Å². The minimum absolute atomic E-state index is 0.0728. The second kappa shape index (κ2) is 8.25. The fraction of sp³-hybridized carbons (Fsp3) is 0.0400. The minimum atomic E-state index is -0.0927. The third-order valence-electron chi connectivity index (χ3n) is 4.68. The van der Waals surface area contributed by atoms with E-state index >= 15 is 0 Å². The molecule has 0 spiro atoms. The lowest BCUT2D eigenvalue weighted by molar-refractivity contribution is 0.103. The van der Waals surface area contributed by atoms with Gasteiger partial charge >= 0.3 is 0 Å². The van der Waals surface area contributed by atoms with Crippen molar-refractivity contribution in [2.45, 2.75) is 6.92 Å². The summed E-state index contributed by atoms with van der Waals surface area (Å²) < 4.78 is 0. The predicted octanol–water partition coefficient (Wildman–Crippen LogP) is 6.26. The van der Waals surface area contributed by atoms with E-state index < -0.39 is 0 Å². The van der Waals surface area contributed by atoms with Crippen LogP contribution in [0.4, 0.5) is 10.7 Å². The van der Waals surface area contributed by atoms with Crippen LogP contribution in [0, 0.1) is 6.92 Å². The quantitative estimate of drug-likeness (QED) is 0.391. The molecule has 0 radical (unpaired) electrons. The Balaban J connectivity index is 1.82. The lowest BCUT2D eigenvalue weighted by atomic mass is 9.98. The molecule has 29 heavy (non-hydrogen) atoms. The van der Waals surface area contributed by atoms with E-state index in [4.69, 9.17) is 0 Å². The van der Waals surface area contributed by atoms with Gasteiger partial charge in [0.05, 0.1) is 10.4 Å². The van der Waals surface area contributed by atoms with Crippen LogP contribution >= 0.6 is 11.3 Å². The first-order valence-electron chi connectivity index (χ1n) is 9.30. The molecule has 3 aromatic carbocycles. The summed E-state index contributed by atoms with van der Waals surface area (Å²) >= 11 is 1.33. The van der Waals surface area contributed by atoms with Gasteiger partial charge in [0.2, 0.25) is 5.78 Å². The van der Waals surface area contributed by atoms with Crippen molar-refractivity contribution < 1.29 is 9.59 Å². The number of para-hydroxylation sites is 1. The van der Waals surface area contributed by atoms with Gasteiger partial charge in [0.15, 0.2) is 5.78 Å². The lowest BCUT2D eigenvalue weighted by Gasteiger charge is -2.08. The molecule has 0 aliphatic heterocycles. The molecule has 0 saturated carbocycles. The number of carbonyl (C=O) groups is 2. The molecule has 4 rings (SSSR count). The van der Waals surface area contributed by atoms with Crippen molar-refractivity contribution in [1.82, 2.24) is 0 Å². The van der Waals surface area contributed by atoms with Gasteiger partial charge < -0.3 is 5.32 Å². The van der Waals surface area contributed by atoms with Crippen LogP contribution in [0.15, 0.2) is 91.0 Å². The summed E-state index contributed by atoms with van der Waals surface area (Å²) in [6.07, 6.45) is 0. The monoisotopic (exact) mass is 397 g/mol. The molecule has 1 N–H and O–H groups in total. The van der Waals surface area contributed by atoms with Gasteiger partial charge in [-0.3, -0.25) is 9.59 Å². The zero-order valence-electron chi connectivity index (χ0n) is 15.9. The van der Waals surface area contributed by atoms with Gasteiger partial charge in [-0.2, -0.15) is 0 Å². The molecule has 0 bridgehead atoms. The smallest absolute Gasteiger partial charge is 0.203 e. The van der Waals surface area contributed by atoms with Crippen molar-refractivity contribution in [2.75, 3.05) is 5.32 Å². The lowest BCUT2D eigenvalue weighted by Crippen LogP contribution is -2.06. The summed E-state index contributed by atoms with van der Waals surface area (Å²) in [7, 11) is 0. The number of thiophene rings is 1. The molecule has 0 atom stereocenters. The van der Waals surface area contributed by atoms with Gasteiger partial charge in [-0.05, 0) is 24.6 Å². The van der Waals surface area contributed by atoms with E-state index in [9.17, 15) is 9.59 Å². The average Bonchev–Trinajstić information content (AvgIpc) is 3.10. The van der Waals surface area contributed by atoms with Crippen LogP contribution in [0.3, 0.4) is 0 Å². The topological polar surface area (TPSA) is 46.2 Å². The van der Waals surface area contributed by atoms with Gasteiger partial charge in [-0.25, -0.2) is 0 Å². The maximum atomic E-state index is 13.3. The molecule has 0 amide bonds. The first-order chi connectivity index (χ1) is 14.1. The van der Waals surface area contributed by atoms with E-state index in [1.807, 2.05) is 73.7 Å². The second-order valence-electron chi connectivity index (χ2n) is 6.64. The Bertz CT molecular complexity index is 1150. The van der Waals surface area contributed by atoms with Crippen LogP contribution in [0.5, 0.6) is 0 Å². The highest BCUT2D eigenvalue weighted by molar-refractivity contribution is 7.19. The Hall–Kier alpha value is -3.50. The van der Waals surface area contributed by atoms with Crippen molar-refractivity contribution in [3.05, 3.63) is 118 Å². The van der Waals surface area contributed by atoms with Crippen LogP contribution in [-0.2, 0) is 0 Å². The van der Waals surface area contributed by atoms with E-state index in [1.54, 1.807) is 24.3 Å². The molecule has 4 heteroatoms. The van der Waals surface area contributed by atoms with E-state index in [0.29, 0.717) is 32.1 Å². The highest BCUT2D eigenvalue weighted by Gasteiger charge is 2.26. The zero-order chi connectivity index (χ0) is 20.2. The molecule has 0 aliphatic carbocycles. The summed E-state index contributed by atoms with van der Waals surface area (Å²) in [5.74, 6) is -0.166. The standard InChI is InChI=1S/C25H19NO2S/c1-17-21(22(27)18-11-5-2-6-12-18)25(26-20-15-9-4-10-16-20)29-24(17)23(28)19-13-7-3-8-14-19/h2-16,26H,1H3.